The number of nitrogen functional groups attached to an aromatic ring is 1. The number of nitrogens with zero attached hydrogens (tertiary/aromatic N) is 1. The highest BCUT2D eigenvalue weighted by atomic mass is 79.9. The average molecular weight is 311 g/mol. The summed E-state index contributed by atoms with van der Waals surface area (Å²) < 4.78 is 1.06. The van der Waals surface area contributed by atoms with Gasteiger partial charge < -0.3 is 5.73 Å². The molecule has 2 nitrogen and oxygen atoms in total. The van der Waals surface area contributed by atoms with Crippen LogP contribution in [0.15, 0.2) is 22.7 Å². The van der Waals surface area contributed by atoms with Crippen LogP contribution in [-0.2, 0) is 6.54 Å². The van der Waals surface area contributed by atoms with Crippen molar-refractivity contribution in [2.24, 2.45) is 0 Å². The van der Waals surface area contributed by atoms with Crippen LogP contribution in [0.1, 0.15) is 44.6 Å². The van der Waals surface area contributed by atoms with E-state index in [-0.39, 0.29) is 0 Å². The molecule has 1 atom stereocenters. The largest absolute Gasteiger partial charge is 0.398 e. The lowest BCUT2D eigenvalue weighted by molar-refractivity contribution is 0.132. The number of nitrogens with two attached hydrogens (primary N) is 1. The van der Waals surface area contributed by atoms with Gasteiger partial charge in [0.1, 0.15) is 0 Å². The number of rotatable bonds is 4. The van der Waals surface area contributed by atoms with Crippen molar-refractivity contribution in [3.8, 4) is 0 Å². The quantitative estimate of drug-likeness (QED) is 0.845. The Bertz CT molecular complexity index is 390. The van der Waals surface area contributed by atoms with E-state index >= 15 is 0 Å². The van der Waals surface area contributed by atoms with Crippen molar-refractivity contribution in [1.29, 1.82) is 0 Å². The minimum absolute atomic E-state index is 0.756. The third kappa shape index (κ3) is 3.48. The Balaban J connectivity index is 2.06. The molecule has 1 aromatic rings. The molecule has 1 aromatic carbocycles. The Morgan fingerprint density at radius 3 is 2.94 bits per heavy atom. The first-order valence-electron chi connectivity index (χ1n) is 6.98. The molecule has 0 radical (unpaired) electrons. The fraction of sp³-hybridized carbons (Fsp3) is 0.600. The van der Waals surface area contributed by atoms with Crippen molar-refractivity contribution in [2.75, 3.05) is 12.3 Å². The highest BCUT2D eigenvalue weighted by Gasteiger charge is 2.21. The van der Waals surface area contributed by atoms with E-state index in [2.05, 4.69) is 39.9 Å². The van der Waals surface area contributed by atoms with Gasteiger partial charge in [-0.3, -0.25) is 4.90 Å². The monoisotopic (exact) mass is 310 g/mol. The molecule has 0 aromatic heterocycles. The van der Waals surface area contributed by atoms with Gasteiger partial charge in [0.2, 0.25) is 0 Å². The van der Waals surface area contributed by atoms with E-state index in [9.17, 15) is 0 Å². The van der Waals surface area contributed by atoms with Gasteiger partial charge in [-0.05, 0) is 43.5 Å². The van der Waals surface area contributed by atoms with Crippen molar-refractivity contribution in [2.45, 2.75) is 51.6 Å². The van der Waals surface area contributed by atoms with Crippen molar-refractivity contribution in [1.82, 2.24) is 4.90 Å². The van der Waals surface area contributed by atoms with Gasteiger partial charge in [-0.2, -0.15) is 0 Å². The highest BCUT2D eigenvalue weighted by molar-refractivity contribution is 9.10. The minimum Gasteiger partial charge on any atom is -0.398 e. The van der Waals surface area contributed by atoms with Crippen LogP contribution in [0.5, 0.6) is 0 Å². The summed E-state index contributed by atoms with van der Waals surface area (Å²) in [7, 11) is 0. The summed E-state index contributed by atoms with van der Waals surface area (Å²) in [6.45, 7) is 4.50. The zero-order valence-corrected chi connectivity index (χ0v) is 12.7. The van der Waals surface area contributed by atoms with Gasteiger partial charge in [0.05, 0.1) is 0 Å². The van der Waals surface area contributed by atoms with Gasteiger partial charge >= 0.3 is 0 Å². The summed E-state index contributed by atoms with van der Waals surface area (Å²) in [5.74, 6) is 0. The molecule has 1 saturated heterocycles. The van der Waals surface area contributed by atoms with E-state index in [4.69, 9.17) is 5.73 Å². The molecular formula is C15H23BrN2. The molecule has 0 aliphatic carbocycles. The maximum atomic E-state index is 6.10. The summed E-state index contributed by atoms with van der Waals surface area (Å²) in [6.07, 6.45) is 6.66. The first-order valence-corrected chi connectivity index (χ1v) is 7.78. The molecule has 2 N–H and O–H groups in total. The Kier molecular flexibility index (Phi) is 5.07. The van der Waals surface area contributed by atoms with Crippen molar-refractivity contribution >= 4 is 21.6 Å². The summed E-state index contributed by atoms with van der Waals surface area (Å²) in [5.41, 5.74) is 8.27. The number of halogens is 1. The fourth-order valence-electron chi connectivity index (χ4n) is 2.86. The van der Waals surface area contributed by atoms with E-state index in [1.54, 1.807) is 0 Å². The van der Waals surface area contributed by atoms with Crippen LogP contribution in [-0.4, -0.2) is 17.5 Å². The highest BCUT2D eigenvalue weighted by Crippen LogP contribution is 2.26. The van der Waals surface area contributed by atoms with Crippen LogP contribution in [0.2, 0.25) is 0 Å². The first-order chi connectivity index (χ1) is 8.70. The molecule has 2 rings (SSSR count). The van der Waals surface area contributed by atoms with Gasteiger partial charge in [0, 0.05) is 22.7 Å². The van der Waals surface area contributed by atoms with Crippen molar-refractivity contribution in [3.63, 3.8) is 0 Å². The topological polar surface area (TPSA) is 29.3 Å². The van der Waals surface area contributed by atoms with Crippen molar-refractivity contribution in [3.05, 3.63) is 28.2 Å². The summed E-state index contributed by atoms with van der Waals surface area (Å²) >= 11 is 3.46. The lowest BCUT2D eigenvalue weighted by Gasteiger charge is -2.36. The molecule has 18 heavy (non-hydrogen) atoms. The Labute approximate surface area is 119 Å². The van der Waals surface area contributed by atoms with Gasteiger partial charge in [0.15, 0.2) is 0 Å². The van der Waals surface area contributed by atoms with Crippen LogP contribution in [0, 0.1) is 0 Å². The lowest BCUT2D eigenvalue weighted by atomic mass is 9.97. The molecule has 0 amide bonds. The molecule has 1 aliphatic heterocycles. The average Bonchev–Trinajstić information content (AvgIpc) is 2.35. The third-order valence-corrected chi connectivity index (χ3v) is 4.35. The van der Waals surface area contributed by atoms with E-state index < -0.39 is 0 Å². The fourth-order valence-corrected chi connectivity index (χ4v) is 3.24. The SMILES string of the molecule is CCCC1CCCCN1Cc1ccc(Br)cc1N. The lowest BCUT2D eigenvalue weighted by Crippen LogP contribution is -2.38. The predicted molar refractivity (Wildman–Crippen MR) is 81.5 cm³/mol. The number of benzene rings is 1. The van der Waals surface area contributed by atoms with Gasteiger partial charge in [-0.25, -0.2) is 0 Å². The van der Waals surface area contributed by atoms with E-state index in [1.165, 1.54) is 44.2 Å². The Hall–Kier alpha value is -0.540. The molecular weight excluding hydrogens is 288 g/mol. The summed E-state index contributed by atoms with van der Waals surface area (Å²) in [6, 6.07) is 7.00. The summed E-state index contributed by atoms with van der Waals surface area (Å²) in [5, 5.41) is 0. The normalized spacial score (nSPS) is 21.1. The van der Waals surface area contributed by atoms with Crippen molar-refractivity contribution < 1.29 is 0 Å². The molecule has 0 bridgehead atoms. The second kappa shape index (κ2) is 6.58. The maximum absolute atomic E-state index is 6.10. The molecule has 0 saturated carbocycles. The third-order valence-electron chi connectivity index (χ3n) is 3.85. The maximum Gasteiger partial charge on any atom is 0.0371 e. The zero-order valence-electron chi connectivity index (χ0n) is 11.2. The Morgan fingerprint density at radius 1 is 1.39 bits per heavy atom. The molecule has 3 heteroatoms. The molecule has 100 valence electrons. The second-order valence-corrected chi connectivity index (χ2v) is 6.17. The van der Waals surface area contributed by atoms with Crippen LogP contribution in [0.3, 0.4) is 0 Å². The van der Waals surface area contributed by atoms with Crippen LogP contribution in [0.25, 0.3) is 0 Å². The number of hydrogen-bond donors (Lipinski definition) is 1. The van der Waals surface area contributed by atoms with E-state index in [1.807, 2.05) is 6.07 Å². The van der Waals surface area contributed by atoms with E-state index in [0.29, 0.717) is 0 Å². The second-order valence-electron chi connectivity index (χ2n) is 5.25. The number of likely N-dealkylation sites (tertiary alicyclic amines) is 1. The molecule has 0 spiro atoms. The van der Waals surface area contributed by atoms with Gasteiger partial charge in [0.25, 0.3) is 0 Å². The Morgan fingerprint density at radius 2 is 2.22 bits per heavy atom. The predicted octanol–water partition coefficient (Wildman–Crippen LogP) is 4.19. The smallest absolute Gasteiger partial charge is 0.0371 e. The standard InChI is InChI=1S/C15H23BrN2/c1-2-5-14-6-3-4-9-18(14)11-12-7-8-13(16)10-15(12)17/h7-8,10,14H,2-6,9,11,17H2,1H3. The minimum atomic E-state index is 0.756. The molecule has 1 unspecified atom stereocenters. The molecule has 1 fully saturated rings. The van der Waals surface area contributed by atoms with Crippen LogP contribution < -0.4 is 5.73 Å². The van der Waals surface area contributed by atoms with E-state index in [0.717, 1.165) is 22.7 Å². The van der Waals surface area contributed by atoms with Crippen LogP contribution in [0.4, 0.5) is 5.69 Å². The summed E-state index contributed by atoms with van der Waals surface area (Å²) in [4.78, 5) is 2.62. The number of piperidine rings is 1. The first kappa shape index (κ1) is 13.9. The molecule has 1 heterocycles. The van der Waals surface area contributed by atoms with Gasteiger partial charge in [-0.1, -0.05) is 41.8 Å². The number of anilines is 1. The zero-order chi connectivity index (χ0) is 13.0. The molecule has 1 aliphatic rings. The van der Waals surface area contributed by atoms with Gasteiger partial charge in [-0.15, -0.1) is 0 Å². The van der Waals surface area contributed by atoms with Crippen LogP contribution >= 0.6 is 15.9 Å². The number of hydrogen-bond acceptors (Lipinski definition) is 2.